The standard InChI is InChI=1S/C16H17FN2O3S/c17-11-3-1-4-12(7-11)22-9-15-19-14(10-23-15)16(20)18-8-13-5-2-6-21-13/h1,3-4,7,10,13H,2,5-6,8-9H2,(H,18,20). The van der Waals surface area contributed by atoms with Crippen LogP contribution < -0.4 is 10.1 Å². The molecule has 0 spiro atoms. The predicted octanol–water partition coefficient (Wildman–Crippen LogP) is 2.77. The number of hydrogen-bond donors (Lipinski definition) is 1. The zero-order valence-corrected chi connectivity index (χ0v) is 13.3. The number of benzene rings is 1. The Labute approximate surface area is 137 Å². The van der Waals surface area contributed by atoms with Gasteiger partial charge in [0.25, 0.3) is 5.91 Å². The normalized spacial score (nSPS) is 17.2. The van der Waals surface area contributed by atoms with Crippen molar-refractivity contribution in [3.8, 4) is 5.75 Å². The molecular weight excluding hydrogens is 319 g/mol. The molecule has 1 aromatic heterocycles. The van der Waals surface area contributed by atoms with E-state index >= 15 is 0 Å². The Bertz CT molecular complexity index is 671. The summed E-state index contributed by atoms with van der Waals surface area (Å²) < 4.78 is 24.0. The number of hydrogen-bond acceptors (Lipinski definition) is 5. The second-order valence-corrected chi connectivity index (χ2v) is 6.16. The molecule has 1 aromatic carbocycles. The minimum absolute atomic E-state index is 0.105. The number of aromatic nitrogens is 1. The summed E-state index contributed by atoms with van der Waals surface area (Å²) in [5, 5.41) is 5.18. The van der Waals surface area contributed by atoms with Crippen LogP contribution in [0.15, 0.2) is 29.6 Å². The first-order valence-electron chi connectivity index (χ1n) is 7.43. The molecule has 23 heavy (non-hydrogen) atoms. The van der Waals surface area contributed by atoms with E-state index in [4.69, 9.17) is 9.47 Å². The summed E-state index contributed by atoms with van der Waals surface area (Å²) in [4.78, 5) is 16.3. The molecule has 7 heteroatoms. The van der Waals surface area contributed by atoms with Gasteiger partial charge in [0.2, 0.25) is 0 Å². The maximum Gasteiger partial charge on any atom is 0.270 e. The SMILES string of the molecule is O=C(NCC1CCCO1)c1csc(COc2cccc(F)c2)n1. The molecule has 5 nitrogen and oxygen atoms in total. The number of carbonyl (C=O) groups is 1. The summed E-state index contributed by atoms with van der Waals surface area (Å²) in [5.74, 6) is -0.130. The van der Waals surface area contributed by atoms with Gasteiger partial charge in [-0.15, -0.1) is 11.3 Å². The van der Waals surface area contributed by atoms with Gasteiger partial charge < -0.3 is 14.8 Å². The molecule has 3 rings (SSSR count). The third-order valence-electron chi connectivity index (χ3n) is 3.46. The molecule has 1 atom stereocenters. The lowest BCUT2D eigenvalue weighted by atomic mass is 10.2. The molecule has 1 amide bonds. The molecule has 1 aliphatic rings. The van der Waals surface area contributed by atoms with Gasteiger partial charge in [-0.2, -0.15) is 0 Å². The molecular formula is C16H17FN2O3S. The average Bonchev–Trinajstić information content (AvgIpc) is 3.22. The van der Waals surface area contributed by atoms with Crippen LogP contribution in [0.4, 0.5) is 4.39 Å². The fourth-order valence-corrected chi connectivity index (χ4v) is 2.97. The van der Waals surface area contributed by atoms with Crippen molar-refractivity contribution < 1.29 is 18.7 Å². The summed E-state index contributed by atoms with van der Waals surface area (Å²) in [5.41, 5.74) is 0.367. The Morgan fingerprint density at radius 3 is 3.22 bits per heavy atom. The Kier molecular flexibility index (Phi) is 5.19. The molecule has 0 saturated carbocycles. The molecule has 0 radical (unpaired) electrons. The zero-order chi connectivity index (χ0) is 16.1. The first-order chi connectivity index (χ1) is 11.2. The van der Waals surface area contributed by atoms with Crippen LogP contribution in [0, 0.1) is 5.82 Å². The van der Waals surface area contributed by atoms with E-state index in [0.717, 1.165) is 19.4 Å². The van der Waals surface area contributed by atoms with Crippen molar-refractivity contribution in [2.45, 2.75) is 25.6 Å². The first kappa shape index (κ1) is 15.9. The lowest BCUT2D eigenvalue weighted by Gasteiger charge is -2.09. The van der Waals surface area contributed by atoms with Gasteiger partial charge in [0.05, 0.1) is 6.10 Å². The van der Waals surface area contributed by atoms with E-state index < -0.39 is 0 Å². The fraction of sp³-hybridized carbons (Fsp3) is 0.375. The lowest BCUT2D eigenvalue weighted by Crippen LogP contribution is -2.31. The summed E-state index contributed by atoms with van der Waals surface area (Å²) >= 11 is 1.34. The molecule has 1 fully saturated rings. The maximum atomic E-state index is 13.1. The number of nitrogens with zero attached hydrogens (tertiary/aromatic N) is 1. The van der Waals surface area contributed by atoms with Crippen LogP contribution in [0.1, 0.15) is 28.3 Å². The van der Waals surface area contributed by atoms with Crippen molar-refractivity contribution in [1.82, 2.24) is 10.3 Å². The van der Waals surface area contributed by atoms with E-state index in [1.165, 1.54) is 23.5 Å². The second kappa shape index (κ2) is 7.52. The third kappa shape index (κ3) is 4.49. The van der Waals surface area contributed by atoms with Gasteiger partial charge in [-0.1, -0.05) is 6.07 Å². The van der Waals surface area contributed by atoms with Gasteiger partial charge in [0.1, 0.15) is 28.9 Å². The van der Waals surface area contributed by atoms with Gasteiger partial charge in [-0.25, -0.2) is 9.37 Å². The Morgan fingerprint density at radius 1 is 1.52 bits per heavy atom. The monoisotopic (exact) mass is 336 g/mol. The smallest absolute Gasteiger partial charge is 0.270 e. The van der Waals surface area contributed by atoms with Gasteiger partial charge in [-0.05, 0) is 25.0 Å². The number of amides is 1. The molecule has 1 aliphatic heterocycles. The predicted molar refractivity (Wildman–Crippen MR) is 84.2 cm³/mol. The Balaban J connectivity index is 1.49. The second-order valence-electron chi connectivity index (χ2n) is 5.22. The van der Waals surface area contributed by atoms with Crippen LogP contribution in [0.3, 0.4) is 0 Å². The van der Waals surface area contributed by atoms with E-state index in [1.807, 2.05) is 0 Å². The van der Waals surface area contributed by atoms with Crippen molar-refractivity contribution in [1.29, 1.82) is 0 Å². The Hall–Kier alpha value is -1.99. The number of halogens is 1. The van der Waals surface area contributed by atoms with E-state index in [1.54, 1.807) is 17.5 Å². The molecule has 1 N–H and O–H groups in total. The van der Waals surface area contributed by atoms with Crippen molar-refractivity contribution in [3.05, 3.63) is 46.2 Å². The fourth-order valence-electron chi connectivity index (χ4n) is 2.29. The molecule has 2 heterocycles. The van der Waals surface area contributed by atoms with E-state index in [9.17, 15) is 9.18 Å². The number of thiazole rings is 1. The molecule has 0 aliphatic carbocycles. The van der Waals surface area contributed by atoms with Crippen LogP contribution in [0.5, 0.6) is 5.75 Å². The van der Waals surface area contributed by atoms with Crippen molar-refractivity contribution in [2.24, 2.45) is 0 Å². The summed E-state index contributed by atoms with van der Waals surface area (Å²) in [6, 6.07) is 5.91. The van der Waals surface area contributed by atoms with Crippen LogP contribution in [0.25, 0.3) is 0 Å². The molecule has 1 saturated heterocycles. The quantitative estimate of drug-likeness (QED) is 0.881. The number of carbonyl (C=O) groups excluding carboxylic acids is 1. The van der Waals surface area contributed by atoms with Gasteiger partial charge >= 0.3 is 0 Å². The highest BCUT2D eigenvalue weighted by Gasteiger charge is 2.17. The van der Waals surface area contributed by atoms with Crippen molar-refractivity contribution >= 4 is 17.2 Å². The number of rotatable bonds is 6. The van der Waals surface area contributed by atoms with Crippen molar-refractivity contribution in [2.75, 3.05) is 13.2 Å². The van der Waals surface area contributed by atoms with Crippen LogP contribution >= 0.6 is 11.3 Å². The largest absolute Gasteiger partial charge is 0.486 e. The highest BCUT2D eigenvalue weighted by atomic mass is 32.1. The minimum Gasteiger partial charge on any atom is -0.486 e. The molecule has 0 bridgehead atoms. The summed E-state index contributed by atoms with van der Waals surface area (Å²) in [6.07, 6.45) is 2.12. The van der Waals surface area contributed by atoms with Gasteiger partial charge in [-0.3, -0.25) is 4.79 Å². The average molecular weight is 336 g/mol. The minimum atomic E-state index is -0.351. The van der Waals surface area contributed by atoms with E-state index in [2.05, 4.69) is 10.3 Å². The van der Waals surface area contributed by atoms with Crippen molar-refractivity contribution in [3.63, 3.8) is 0 Å². The maximum absolute atomic E-state index is 13.1. The molecule has 122 valence electrons. The van der Waals surface area contributed by atoms with E-state index in [-0.39, 0.29) is 24.4 Å². The topological polar surface area (TPSA) is 60.5 Å². The van der Waals surface area contributed by atoms with Crippen LogP contribution in [-0.2, 0) is 11.3 Å². The highest BCUT2D eigenvalue weighted by Crippen LogP contribution is 2.16. The van der Waals surface area contributed by atoms with Crippen LogP contribution in [0.2, 0.25) is 0 Å². The van der Waals surface area contributed by atoms with Crippen LogP contribution in [-0.4, -0.2) is 30.1 Å². The van der Waals surface area contributed by atoms with Gasteiger partial charge in [0, 0.05) is 24.6 Å². The first-order valence-corrected chi connectivity index (χ1v) is 8.31. The number of ether oxygens (including phenoxy) is 2. The molecule has 2 aromatic rings. The zero-order valence-electron chi connectivity index (χ0n) is 12.5. The highest BCUT2D eigenvalue weighted by molar-refractivity contribution is 7.09. The lowest BCUT2D eigenvalue weighted by molar-refractivity contribution is 0.0854. The molecule has 1 unspecified atom stereocenters. The van der Waals surface area contributed by atoms with E-state index in [0.29, 0.717) is 23.0 Å². The Morgan fingerprint density at radius 2 is 2.43 bits per heavy atom. The number of nitrogens with one attached hydrogen (secondary N) is 1. The third-order valence-corrected chi connectivity index (χ3v) is 4.28. The summed E-state index contributed by atoms with van der Waals surface area (Å²) in [6.45, 7) is 1.47. The van der Waals surface area contributed by atoms with Gasteiger partial charge in [0.15, 0.2) is 0 Å². The summed E-state index contributed by atoms with van der Waals surface area (Å²) in [7, 11) is 0.